The molecule has 1 aliphatic rings. The topological polar surface area (TPSA) is 67.9 Å². The zero-order valence-corrected chi connectivity index (χ0v) is 13.7. The fourth-order valence-corrected chi connectivity index (χ4v) is 2.71. The van der Waals surface area contributed by atoms with Gasteiger partial charge in [0.2, 0.25) is 11.8 Å². The summed E-state index contributed by atoms with van der Waals surface area (Å²) < 4.78 is 10.3. The molecule has 6 heteroatoms. The van der Waals surface area contributed by atoms with E-state index in [4.69, 9.17) is 9.47 Å². The standard InChI is InChI=1S/C17H24N2O4/c1-22-9-5-8-18-17(21)14-10-16(20)19(12-14)11-13-6-3-4-7-15(13)23-2/h3-4,6-7,14H,5,8-12H2,1-2H3,(H,18,21). The predicted molar refractivity (Wildman–Crippen MR) is 86.0 cm³/mol. The van der Waals surface area contributed by atoms with Gasteiger partial charge in [0, 0.05) is 45.3 Å². The van der Waals surface area contributed by atoms with Crippen molar-refractivity contribution in [2.45, 2.75) is 19.4 Å². The van der Waals surface area contributed by atoms with Crippen LogP contribution in [0.25, 0.3) is 0 Å². The first-order chi connectivity index (χ1) is 11.2. The van der Waals surface area contributed by atoms with Crippen molar-refractivity contribution in [2.75, 3.05) is 33.9 Å². The molecular formula is C17H24N2O4. The molecule has 2 rings (SSSR count). The SMILES string of the molecule is COCCCNC(=O)C1CC(=O)N(Cc2ccccc2OC)C1. The van der Waals surface area contributed by atoms with Crippen molar-refractivity contribution < 1.29 is 19.1 Å². The molecule has 1 aliphatic heterocycles. The smallest absolute Gasteiger partial charge is 0.225 e. The molecule has 0 spiro atoms. The van der Waals surface area contributed by atoms with Crippen LogP contribution in [0.3, 0.4) is 0 Å². The van der Waals surface area contributed by atoms with Gasteiger partial charge >= 0.3 is 0 Å². The maximum Gasteiger partial charge on any atom is 0.225 e. The number of likely N-dealkylation sites (tertiary alicyclic amines) is 1. The minimum Gasteiger partial charge on any atom is -0.496 e. The Labute approximate surface area is 136 Å². The molecule has 1 aromatic carbocycles. The lowest BCUT2D eigenvalue weighted by Crippen LogP contribution is -2.33. The van der Waals surface area contributed by atoms with Crippen molar-refractivity contribution in [2.24, 2.45) is 5.92 Å². The van der Waals surface area contributed by atoms with Gasteiger partial charge in [-0.15, -0.1) is 0 Å². The van der Waals surface area contributed by atoms with E-state index in [-0.39, 0.29) is 24.2 Å². The van der Waals surface area contributed by atoms with E-state index in [1.807, 2.05) is 24.3 Å². The summed E-state index contributed by atoms with van der Waals surface area (Å²) in [6, 6.07) is 7.61. The van der Waals surface area contributed by atoms with Crippen LogP contribution in [0.1, 0.15) is 18.4 Å². The number of carbonyl (C=O) groups excluding carboxylic acids is 2. The van der Waals surface area contributed by atoms with E-state index in [0.29, 0.717) is 26.2 Å². The lowest BCUT2D eigenvalue weighted by atomic mass is 10.1. The minimum atomic E-state index is -0.278. The van der Waals surface area contributed by atoms with Crippen molar-refractivity contribution >= 4 is 11.8 Å². The van der Waals surface area contributed by atoms with Gasteiger partial charge < -0.3 is 19.7 Å². The lowest BCUT2D eigenvalue weighted by Gasteiger charge is -2.18. The Morgan fingerprint density at radius 2 is 2.13 bits per heavy atom. The van der Waals surface area contributed by atoms with Crippen molar-refractivity contribution in [1.29, 1.82) is 0 Å². The van der Waals surface area contributed by atoms with Crippen LogP contribution >= 0.6 is 0 Å². The molecule has 0 bridgehead atoms. The third-order valence-electron chi connectivity index (χ3n) is 3.96. The normalized spacial score (nSPS) is 17.4. The molecule has 1 fully saturated rings. The average Bonchev–Trinajstić information content (AvgIpc) is 2.93. The molecule has 1 aromatic rings. The molecule has 1 heterocycles. The number of carbonyl (C=O) groups is 2. The zero-order valence-electron chi connectivity index (χ0n) is 13.7. The molecule has 126 valence electrons. The molecule has 0 aromatic heterocycles. The summed E-state index contributed by atoms with van der Waals surface area (Å²) in [5.74, 6) is 0.428. The third-order valence-corrected chi connectivity index (χ3v) is 3.96. The Balaban J connectivity index is 1.88. The van der Waals surface area contributed by atoms with Crippen molar-refractivity contribution in [3.8, 4) is 5.75 Å². The second kappa shape index (κ2) is 8.53. The van der Waals surface area contributed by atoms with Gasteiger partial charge in [-0.3, -0.25) is 9.59 Å². The highest BCUT2D eigenvalue weighted by molar-refractivity contribution is 5.89. The van der Waals surface area contributed by atoms with Crippen molar-refractivity contribution in [1.82, 2.24) is 10.2 Å². The van der Waals surface area contributed by atoms with Crippen LogP contribution in [0.15, 0.2) is 24.3 Å². The molecule has 6 nitrogen and oxygen atoms in total. The Hall–Kier alpha value is -2.08. The molecule has 0 radical (unpaired) electrons. The second-order valence-corrected chi connectivity index (χ2v) is 5.62. The Morgan fingerprint density at radius 3 is 2.87 bits per heavy atom. The first-order valence-corrected chi connectivity index (χ1v) is 7.82. The number of para-hydroxylation sites is 1. The van der Waals surface area contributed by atoms with E-state index in [1.165, 1.54) is 0 Å². The molecule has 0 saturated carbocycles. The fourth-order valence-electron chi connectivity index (χ4n) is 2.71. The minimum absolute atomic E-state index is 0.00736. The zero-order chi connectivity index (χ0) is 16.7. The van der Waals surface area contributed by atoms with Crippen LogP contribution in [-0.2, 0) is 20.9 Å². The van der Waals surface area contributed by atoms with Gasteiger partial charge in [-0.1, -0.05) is 18.2 Å². The first kappa shape index (κ1) is 17.3. The highest BCUT2D eigenvalue weighted by Gasteiger charge is 2.34. The summed E-state index contributed by atoms with van der Waals surface area (Å²) in [6.45, 7) is 2.11. The second-order valence-electron chi connectivity index (χ2n) is 5.62. The number of rotatable bonds is 8. The predicted octanol–water partition coefficient (Wildman–Crippen LogP) is 1.20. The summed E-state index contributed by atoms with van der Waals surface area (Å²) >= 11 is 0. The summed E-state index contributed by atoms with van der Waals surface area (Å²) in [4.78, 5) is 26.0. The van der Waals surface area contributed by atoms with Crippen LogP contribution < -0.4 is 10.1 Å². The molecule has 1 atom stereocenters. The van der Waals surface area contributed by atoms with Gasteiger partial charge in [-0.05, 0) is 12.5 Å². The van der Waals surface area contributed by atoms with Crippen LogP contribution in [-0.4, -0.2) is 50.6 Å². The number of methoxy groups -OCH3 is 2. The van der Waals surface area contributed by atoms with Gasteiger partial charge in [0.25, 0.3) is 0 Å². The van der Waals surface area contributed by atoms with Gasteiger partial charge in [0.15, 0.2) is 0 Å². The molecular weight excluding hydrogens is 296 g/mol. The highest BCUT2D eigenvalue weighted by atomic mass is 16.5. The molecule has 1 saturated heterocycles. The summed E-state index contributed by atoms with van der Waals surface area (Å²) in [7, 11) is 3.24. The molecule has 0 aliphatic carbocycles. The lowest BCUT2D eigenvalue weighted by molar-refractivity contribution is -0.129. The first-order valence-electron chi connectivity index (χ1n) is 7.82. The van der Waals surface area contributed by atoms with Crippen LogP contribution in [0.4, 0.5) is 0 Å². The number of ether oxygens (including phenoxy) is 2. The molecule has 2 amide bonds. The van der Waals surface area contributed by atoms with Gasteiger partial charge in [0.1, 0.15) is 5.75 Å². The summed E-state index contributed by atoms with van der Waals surface area (Å²) in [5, 5.41) is 2.86. The monoisotopic (exact) mass is 320 g/mol. The molecule has 23 heavy (non-hydrogen) atoms. The Morgan fingerprint density at radius 1 is 1.35 bits per heavy atom. The van der Waals surface area contributed by atoms with Crippen LogP contribution in [0.2, 0.25) is 0 Å². The number of nitrogens with one attached hydrogen (secondary N) is 1. The Bertz CT molecular complexity index is 547. The number of benzene rings is 1. The number of amides is 2. The van der Waals surface area contributed by atoms with Crippen molar-refractivity contribution in [3.05, 3.63) is 29.8 Å². The van der Waals surface area contributed by atoms with Gasteiger partial charge in [-0.25, -0.2) is 0 Å². The number of hydrogen-bond acceptors (Lipinski definition) is 4. The number of hydrogen-bond donors (Lipinski definition) is 1. The van der Waals surface area contributed by atoms with E-state index >= 15 is 0 Å². The third kappa shape index (κ3) is 4.69. The van der Waals surface area contributed by atoms with E-state index in [9.17, 15) is 9.59 Å². The van der Waals surface area contributed by atoms with Crippen LogP contribution in [0.5, 0.6) is 5.75 Å². The van der Waals surface area contributed by atoms with E-state index in [2.05, 4.69) is 5.32 Å². The highest BCUT2D eigenvalue weighted by Crippen LogP contribution is 2.24. The fraction of sp³-hybridized carbons (Fsp3) is 0.529. The average molecular weight is 320 g/mol. The maximum absolute atomic E-state index is 12.2. The maximum atomic E-state index is 12.2. The van der Waals surface area contributed by atoms with E-state index in [0.717, 1.165) is 17.7 Å². The largest absolute Gasteiger partial charge is 0.496 e. The Kier molecular flexibility index (Phi) is 6.40. The van der Waals surface area contributed by atoms with E-state index < -0.39 is 0 Å². The van der Waals surface area contributed by atoms with Gasteiger partial charge in [-0.2, -0.15) is 0 Å². The van der Waals surface area contributed by atoms with Gasteiger partial charge in [0.05, 0.1) is 13.0 Å². The quantitative estimate of drug-likeness (QED) is 0.731. The van der Waals surface area contributed by atoms with Crippen LogP contribution in [0, 0.1) is 5.92 Å². The summed E-state index contributed by atoms with van der Waals surface area (Å²) in [5.41, 5.74) is 0.949. The molecule has 1 N–H and O–H groups in total. The molecule has 1 unspecified atom stereocenters. The summed E-state index contributed by atoms with van der Waals surface area (Å²) in [6.07, 6.45) is 1.04. The van der Waals surface area contributed by atoms with Crippen molar-refractivity contribution in [3.63, 3.8) is 0 Å². The number of nitrogens with zero attached hydrogens (tertiary/aromatic N) is 1. The van der Waals surface area contributed by atoms with E-state index in [1.54, 1.807) is 19.1 Å².